The minimum Gasteiger partial charge on any atom is -0.0619 e. The van der Waals surface area contributed by atoms with E-state index in [4.69, 9.17) is 0 Å². The van der Waals surface area contributed by atoms with Gasteiger partial charge in [0.1, 0.15) is 0 Å². The van der Waals surface area contributed by atoms with Crippen LogP contribution >= 0.6 is 0 Å². The minimum atomic E-state index is -0.0873. The standard InChI is InChI=1S/C59H42/c1-59(2)54-27-10-9-21-45(54)46-29-28-39(34-55(46)59)56(47-24-12-22-43-40-18-6-3-14-35(40)30-50(43)47)49-26-11-17-38-33-53-52(57(38)49)32-37-16-5-8-20-42(37)58(53)48-25-13-23-44-41-19-7-4-15-36(41)31-51(44)48/h3-29,32,34,56H,30-31,33H2,1-2H3. The highest BCUT2D eigenvalue weighted by molar-refractivity contribution is 6.06. The van der Waals surface area contributed by atoms with E-state index in [-0.39, 0.29) is 11.3 Å². The van der Waals surface area contributed by atoms with E-state index in [9.17, 15) is 0 Å². The van der Waals surface area contributed by atoms with Crippen molar-refractivity contribution in [2.75, 3.05) is 0 Å². The Hall–Kier alpha value is -6.76. The van der Waals surface area contributed by atoms with Crippen molar-refractivity contribution < 1.29 is 0 Å². The second-order valence-electron chi connectivity index (χ2n) is 17.8. The Morgan fingerprint density at radius 3 is 1.78 bits per heavy atom. The molecule has 13 rings (SSSR count). The first kappa shape index (κ1) is 33.2. The van der Waals surface area contributed by atoms with Crippen molar-refractivity contribution in [1.82, 2.24) is 0 Å². The Morgan fingerprint density at radius 2 is 0.949 bits per heavy atom. The summed E-state index contributed by atoms with van der Waals surface area (Å²) in [6.07, 6.45) is 2.86. The molecule has 0 N–H and O–H groups in total. The molecule has 0 heterocycles. The number of rotatable bonds is 4. The summed E-state index contributed by atoms with van der Waals surface area (Å²) >= 11 is 0. The molecule has 4 aliphatic rings. The highest BCUT2D eigenvalue weighted by Crippen LogP contribution is 2.55. The van der Waals surface area contributed by atoms with Crippen molar-refractivity contribution >= 4 is 10.8 Å². The number of benzene rings is 9. The third-order valence-corrected chi connectivity index (χ3v) is 14.5. The molecule has 1 atom stereocenters. The summed E-state index contributed by atoms with van der Waals surface area (Å²) in [5.74, 6) is 0.0513. The normalized spacial score (nSPS) is 14.8. The molecule has 0 fully saturated rings. The van der Waals surface area contributed by atoms with E-state index < -0.39 is 0 Å². The highest BCUT2D eigenvalue weighted by atomic mass is 14.4. The van der Waals surface area contributed by atoms with Crippen molar-refractivity contribution in [3.8, 4) is 55.6 Å². The first-order valence-corrected chi connectivity index (χ1v) is 21.3. The predicted octanol–water partition coefficient (Wildman–Crippen LogP) is 14.7. The molecule has 59 heavy (non-hydrogen) atoms. The summed E-state index contributed by atoms with van der Waals surface area (Å²) in [6.45, 7) is 4.82. The van der Waals surface area contributed by atoms with Crippen LogP contribution in [0.5, 0.6) is 0 Å². The van der Waals surface area contributed by atoms with Crippen LogP contribution in [-0.2, 0) is 24.7 Å². The fourth-order valence-electron chi connectivity index (χ4n) is 11.9. The van der Waals surface area contributed by atoms with Gasteiger partial charge in [0.2, 0.25) is 0 Å². The lowest BCUT2D eigenvalue weighted by Gasteiger charge is -2.27. The maximum atomic E-state index is 2.58. The number of hydrogen-bond acceptors (Lipinski definition) is 0. The monoisotopic (exact) mass is 750 g/mol. The van der Waals surface area contributed by atoms with Crippen molar-refractivity contribution in [2.45, 2.75) is 44.4 Å². The number of fused-ring (bicyclic) bond motifs is 13. The maximum Gasteiger partial charge on any atom is 0.0349 e. The van der Waals surface area contributed by atoms with Gasteiger partial charge in [0, 0.05) is 11.3 Å². The van der Waals surface area contributed by atoms with Gasteiger partial charge >= 0.3 is 0 Å². The predicted molar refractivity (Wildman–Crippen MR) is 246 cm³/mol. The van der Waals surface area contributed by atoms with Crippen LogP contribution in [0, 0.1) is 0 Å². The second-order valence-corrected chi connectivity index (χ2v) is 17.8. The van der Waals surface area contributed by atoms with E-state index in [0.29, 0.717) is 0 Å². The summed E-state index contributed by atoms with van der Waals surface area (Å²) in [7, 11) is 0. The number of hydrogen-bond donors (Lipinski definition) is 0. The van der Waals surface area contributed by atoms with Crippen LogP contribution in [-0.4, -0.2) is 0 Å². The van der Waals surface area contributed by atoms with Crippen LogP contribution in [0.25, 0.3) is 66.4 Å². The molecule has 0 nitrogen and oxygen atoms in total. The van der Waals surface area contributed by atoms with Crippen molar-refractivity contribution in [2.24, 2.45) is 0 Å². The molecule has 0 saturated heterocycles. The molecule has 0 aliphatic heterocycles. The lowest BCUT2D eigenvalue weighted by molar-refractivity contribution is 0.659. The van der Waals surface area contributed by atoms with Crippen LogP contribution in [0.2, 0.25) is 0 Å². The van der Waals surface area contributed by atoms with E-state index in [2.05, 4.69) is 190 Å². The summed E-state index contributed by atoms with van der Waals surface area (Å²) in [5, 5.41) is 2.65. The molecule has 0 bridgehead atoms. The molecule has 0 amide bonds. The van der Waals surface area contributed by atoms with E-state index in [1.807, 2.05) is 0 Å². The molecular formula is C59H42. The lowest BCUT2D eigenvalue weighted by atomic mass is 9.76. The summed E-state index contributed by atoms with van der Waals surface area (Å²) in [4.78, 5) is 0. The molecule has 0 saturated carbocycles. The van der Waals surface area contributed by atoms with E-state index in [1.54, 1.807) is 0 Å². The molecule has 4 aliphatic carbocycles. The van der Waals surface area contributed by atoms with Crippen LogP contribution < -0.4 is 0 Å². The molecular weight excluding hydrogens is 709 g/mol. The average Bonchev–Trinajstić information content (AvgIpc) is 4.02. The quantitative estimate of drug-likeness (QED) is 0.157. The zero-order valence-electron chi connectivity index (χ0n) is 33.4. The van der Waals surface area contributed by atoms with Crippen molar-refractivity contribution in [3.63, 3.8) is 0 Å². The van der Waals surface area contributed by atoms with Gasteiger partial charge in [0.25, 0.3) is 0 Å². The summed E-state index contributed by atoms with van der Waals surface area (Å²) in [5.41, 5.74) is 29.5. The van der Waals surface area contributed by atoms with Crippen LogP contribution in [0.4, 0.5) is 0 Å². The Morgan fingerprint density at radius 1 is 0.373 bits per heavy atom. The molecule has 0 aromatic heterocycles. The smallest absolute Gasteiger partial charge is 0.0349 e. The molecule has 9 aromatic carbocycles. The van der Waals surface area contributed by atoms with Gasteiger partial charge in [0.05, 0.1) is 0 Å². The Balaban J connectivity index is 1.06. The molecule has 0 spiro atoms. The van der Waals surface area contributed by atoms with Crippen LogP contribution in [0.1, 0.15) is 81.0 Å². The van der Waals surface area contributed by atoms with Gasteiger partial charge in [0.15, 0.2) is 0 Å². The second kappa shape index (κ2) is 12.1. The largest absolute Gasteiger partial charge is 0.0619 e. The highest BCUT2D eigenvalue weighted by Gasteiger charge is 2.38. The van der Waals surface area contributed by atoms with Gasteiger partial charge in [-0.15, -0.1) is 0 Å². The zero-order valence-corrected chi connectivity index (χ0v) is 33.4. The molecule has 9 aromatic rings. The van der Waals surface area contributed by atoms with Gasteiger partial charge in [-0.2, -0.15) is 0 Å². The van der Waals surface area contributed by atoms with Crippen molar-refractivity contribution in [1.29, 1.82) is 0 Å². The van der Waals surface area contributed by atoms with Crippen LogP contribution in [0.3, 0.4) is 0 Å². The fourth-order valence-corrected chi connectivity index (χ4v) is 11.9. The fraction of sp³-hybridized carbons (Fsp3) is 0.119. The van der Waals surface area contributed by atoms with E-state index >= 15 is 0 Å². The first-order valence-electron chi connectivity index (χ1n) is 21.3. The SMILES string of the molecule is CC1(C)c2ccccc2-c2ccc(C(c3cccc4c3Cc3ccccc3-4)c3cccc4c3-c3cc5ccccc5c(-c5cccc6c5Cc5ccccc5-6)c3C4)cc21. The van der Waals surface area contributed by atoms with Crippen molar-refractivity contribution in [3.05, 3.63) is 237 Å². The topological polar surface area (TPSA) is 0 Å². The lowest BCUT2D eigenvalue weighted by Crippen LogP contribution is -2.16. The van der Waals surface area contributed by atoms with E-state index in [0.717, 1.165) is 19.3 Å². The molecule has 0 radical (unpaired) electrons. The summed E-state index contributed by atoms with van der Waals surface area (Å²) < 4.78 is 0. The Kier molecular flexibility index (Phi) is 6.84. The first-order chi connectivity index (χ1) is 29.0. The van der Waals surface area contributed by atoms with Gasteiger partial charge in [-0.25, -0.2) is 0 Å². The third-order valence-electron chi connectivity index (χ3n) is 14.5. The van der Waals surface area contributed by atoms with Gasteiger partial charge in [-0.05, 0) is 153 Å². The van der Waals surface area contributed by atoms with Crippen LogP contribution in [0.15, 0.2) is 176 Å². The average molecular weight is 751 g/mol. The molecule has 0 heteroatoms. The van der Waals surface area contributed by atoms with Gasteiger partial charge in [-0.3, -0.25) is 0 Å². The van der Waals surface area contributed by atoms with E-state index in [1.165, 1.54) is 128 Å². The summed E-state index contributed by atoms with van der Waals surface area (Å²) in [6, 6.07) is 67.5. The van der Waals surface area contributed by atoms with Gasteiger partial charge in [-0.1, -0.05) is 184 Å². The third kappa shape index (κ3) is 4.61. The van der Waals surface area contributed by atoms with Gasteiger partial charge < -0.3 is 0 Å². The minimum absolute atomic E-state index is 0.0513. The Bertz CT molecular complexity index is 3280. The molecule has 1 unspecified atom stereocenters. The molecule has 278 valence electrons. The zero-order chi connectivity index (χ0) is 39.0. The maximum absolute atomic E-state index is 2.58. The Labute approximate surface area is 346 Å².